The molecule has 3 N–H and O–H groups in total. The Balaban J connectivity index is 2.39. The summed E-state index contributed by atoms with van der Waals surface area (Å²) >= 11 is 0. The number of rotatable bonds is 6. The first kappa shape index (κ1) is 18.8. The Hall–Kier alpha value is -2.54. The van der Waals surface area contributed by atoms with Gasteiger partial charge in [-0.2, -0.15) is 0 Å². The van der Waals surface area contributed by atoms with E-state index < -0.39 is 11.9 Å². The largest absolute Gasteiger partial charge is 0.378 e. The number of benzene rings is 1. The van der Waals surface area contributed by atoms with Crippen LogP contribution in [0.4, 0.5) is 10.2 Å². The van der Waals surface area contributed by atoms with Crippen LogP contribution < -0.4 is 11.1 Å². The summed E-state index contributed by atoms with van der Waals surface area (Å²) in [6.07, 6.45) is 0. The lowest BCUT2D eigenvalue weighted by atomic mass is 9.95. The van der Waals surface area contributed by atoms with Crippen LogP contribution in [-0.2, 0) is 21.6 Å². The van der Waals surface area contributed by atoms with Crippen molar-refractivity contribution < 1.29 is 13.9 Å². The second kappa shape index (κ2) is 7.57. The van der Waals surface area contributed by atoms with Crippen LogP contribution in [0.3, 0.4) is 0 Å². The summed E-state index contributed by atoms with van der Waals surface area (Å²) in [6, 6.07) is 6.46. The Labute approximate surface area is 146 Å². The summed E-state index contributed by atoms with van der Waals surface area (Å²) in [5.41, 5.74) is 6.47. The molecule has 25 heavy (non-hydrogen) atoms. The highest BCUT2D eigenvalue weighted by atomic mass is 19.1. The van der Waals surface area contributed by atoms with Crippen LogP contribution in [0.2, 0.25) is 0 Å². The van der Waals surface area contributed by atoms with E-state index in [-0.39, 0.29) is 11.2 Å². The molecule has 0 bridgehead atoms. The average Bonchev–Trinajstić information content (AvgIpc) is 2.53. The number of nitrogens with two attached hydrogens (primary N) is 1. The molecule has 0 aliphatic heterocycles. The second-order valence-electron chi connectivity index (χ2n) is 6.78. The smallest absolute Gasteiger partial charge is 0.244 e. The monoisotopic (exact) mass is 346 g/mol. The SMILES string of the molecule is COCc1cc(NC(C(N)=O)c2ccc(F)cc2)nc(C(C)(C)C)n1. The fraction of sp³-hybridized carbons (Fsp3) is 0.389. The summed E-state index contributed by atoms with van der Waals surface area (Å²) in [7, 11) is 1.58. The molecule has 134 valence electrons. The van der Waals surface area contributed by atoms with E-state index in [9.17, 15) is 9.18 Å². The second-order valence-corrected chi connectivity index (χ2v) is 6.78. The third kappa shape index (κ3) is 4.96. The van der Waals surface area contributed by atoms with Crippen molar-refractivity contribution in [3.63, 3.8) is 0 Å². The van der Waals surface area contributed by atoms with Crippen LogP contribution >= 0.6 is 0 Å². The molecule has 1 aromatic carbocycles. The molecule has 0 saturated heterocycles. The third-order valence-electron chi connectivity index (χ3n) is 3.52. The molecule has 0 fully saturated rings. The predicted molar refractivity (Wildman–Crippen MR) is 93.4 cm³/mol. The van der Waals surface area contributed by atoms with Gasteiger partial charge in [-0.3, -0.25) is 4.79 Å². The summed E-state index contributed by atoms with van der Waals surface area (Å²) in [5.74, 6) is 0.106. The number of amides is 1. The molecule has 0 aliphatic carbocycles. The zero-order chi connectivity index (χ0) is 18.6. The van der Waals surface area contributed by atoms with Crippen molar-refractivity contribution in [1.82, 2.24) is 9.97 Å². The molecule has 6 nitrogen and oxygen atoms in total. The summed E-state index contributed by atoms with van der Waals surface area (Å²) in [4.78, 5) is 20.9. The van der Waals surface area contributed by atoms with Crippen LogP contribution in [0.5, 0.6) is 0 Å². The normalized spacial score (nSPS) is 12.7. The number of primary amides is 1. The number of anilines is 1. The number of ether oxygens (including phenoxy) is 1. The minimum absolute atomic E-state index is 0.279. The molecular weight excluding hydrogens is 323 g/mol. The van der Waals surface area contributed by atoms with Gasteiger partial charge < -0.3 is 15.8 Å². The van der Waals surface area contributed by atoms with E-state index in [4.69, 9.17) is 10.5 Å². The molecule has 2 aromatic rings. The molecule has 1 atom stereocenters. The Morgan fingerprint density at radius 1 is 1.28 bits per heavy atom. The lowest BCUT2D eigenvalue weighted by Gasteiger charge is -2.21. The minimum Gasteiger partial charge on any atom is -0.378 e. The maximum absolute atomic E-state index is 13.1. The number of carbonyl (C=O) groups is 1. The molecule has 7 heteroatoms. The van der Waals surface area contributed by atoms with Crippen LogP contribution in [0.25, 0.3) is 0 Å². The first-order valence-electron chi connectivity index (χ1n) is 7.89. The fourth-order valence-electron chi connectivity index (χ4n) is 2.25. The van der Waals surface area contributed by atoms with E-state index in [2.05, 4.69) is 15.3 Å². The van der Waals surface area contributed by atoms with Gasteiger partial charge in [0, 0.05) is 18.6 Å². The van der Waals surface area contributed by atoms with Crippen molar-refractivity contribution in [2.75, 3.05) is 12.4 Å². The van der Waals surface area contributed by atoms with Gasteiger partial charge in [0.1, 0.15) is 23.5 Å². The topological polar surface area (TPSA) is 90.1 Å². The van der Waals surface area contributed by atoms with Crippen LogP contribution in [0.1, 0.15) is 43.9 Å². The molecule has 1 aromatic heterocycles. The van der Waals surface area contributed by atoms with Gasteiger partial charge in [-0.05, 0) is 17.7 Å². The summed E-state index contributed by atoms with van der Waals surface area (Å²) < 4.78 is 18.3. The number of aromatic nitrogens is 2. The van der Waals surface area contributed by atoms with E-state index >= 15 is 0 Å². The fourth-order valence-corrected chi connectivity index (χ4v) is 2.25. The quantitative estimate of drug-likeness (QED) is 0.839. The lowest BCUT2D eigenvalue weighted by molar-refractivity contribution is -0.118. The molecule has 0 radical (unpaired) electrons. The zero-order valence-electron chi connectivity index (χ0n) is 14.8. The zero-order valence-corrected chi connectivity index (χ0v) is 14.8. The van der Waals surface area contributed by atoms with Gasteiger partial charge >= 0.3 is 0 Å². The number of methoxy groups -OCH3 is 1. The molecule has 0 spiro atoms. The van der Waals surface area contributed by atoms with Crippen LogP contribution in [-0.4, -0.2) is 23.0 Å². The average molecular weight is 346 g/mol. The lowest BCUT2D eigenvalue weighted by Crippen LogP contribution is -2.29. The Bertz CT molecular complexity index is 742. The van der Waals surface area contributed by atoms with E-state index in [0.717, 1.165) is 0 Å². The van der Waals surface area contributed by atoms with Crippen LogP contribution in [0.15, 0.2) is 30.3 Å². The van der Waals surface area contributed by atoms with Gasteiger partial charge in [-0.25, -0.2) is 14.4 Å². The molecule has 1 amide bonds. The standard InChI is InChI=1S/C18H23FN4O2/c1-18(2,3)17-21-13(10-25-4)9-14(23-17)22-15(16(20)24)11-5-7-12(19)8-6-11/h5-9,15H,10H2,1-4H3,(H2,20,24)(H,21,22,23). The van der Waals surface area contributed by atoms with Gasteiger partial charge in [0.2, 0.25) is 5.91 Å². The minimum atomic E-state index is -0.835. The summed E-state index contributed by atoms with van der Waals surface area (Å²) in [5, 5.41) is 3.02. The predicted octanol–water partition coefficient (Wildman–Crippen LogP) is 2.70. The first-order chi connectivity index (χ1) is 11.7. The van der Waals surface area contributed by atoms with Gasteiger partial charge in [-0.1, -0.05) is 32.9 Å². The Morgan fingerprint density at radius 2 is 1.92 bits per heavy atom. The Morgan fingerprint density at radius 3 is 2.44 bits per heavy atom. The van der Waals surface area contributed by atoms with Crippen molar-refractivity contribution in [2.24, 2.45) is 5.73 Å². The third-order valence-corrected chi connectivity index (χ3v) is 3.52. The van der Waals surface area contributed by atoms with Crippen LogP contribution in [0, 0.1) is 5.82 Å². The molecule has 0 aliphatic rings. The number of hydrogen-bond acceptors (Lipinski definition) is 5. The number of nitrogens with one attached hydrogen (secondary N) is 1. The summed E-state index contributed by atoms with van der Waals surface area (Å²) in [6.45, 7) is 6.30. The number of hydrogen-bond donors (Lipinski definition) is 2. The highest BCUT2D eigenvalue weighted by Crippen LogP contribution is 2.24. The number of nitrogens with zero attached hydrogens (tertiary/aromatic N) is 2. The van der Waals surface area contributed by atoms with Crippen molar-refractivity contribution in [1.29, 1.82) is 0 Å². The molecule has 0 saturated carbocycles. The number of carbonyl (C=O) groups excluding carboxylic acids is 1. The van der Waals surface area contributed by atoms with Gasteiger partial charge in [0.25, 0.3) is 0 Å². The van der Waals surface area contributed by atoms with Gasteiger partial charge in [0.15, 0.2) is 0 Å². The van der Waals surface area contributed by atoms with Gasteiger partial charge in [-0.15, -0.1) is 0 Å². The van der Waals surface area contributed by atoms with E-state index in [1.807, 2.05) is 20.8 Å². The van der Waals surface area contributed by atoms with Gasteiger partial charge in [0.05, 0.1) is 12.3 Å². The van der Waals surface area contributed by atoms with E-state index in [1.165, 1.54) is 24.3 Å². The van der Waals surface area contributed by atoms with Crippen molar-refractivity contribution in [3.8, 4) is 0 Å². The maximum atomic E-state index is 13.1. The highest BCUT2D eigenvalue weighted by Gasteiger charge is 2.22. The van der Waals surface area contributed by atoms with E-state index in [0.29, 0.717) is 29.5 Å². The Kier molecular flexibility index (Phi) is 5.69. The molecule has 2 rings (SSSR count). The highest BCUT2D eigenvalue weighted by molar-refractivity contribution is 5.84. The van der Waals surface area contributed by atoms with Crippen molar-refractivity contribution in [3.05, 3.63) is 53.2 Å². The number of halogens is 1. The molecular formula is C18H23FN4O2. The van der Waals surface area contributed by atoms with E-state index in [1.54, 1.807) is 13.2 Å². The molecule has 1 heterocycles. The maximum Gasteiger partial charge on any atom is 0.244 e. The first-order valence-corrected chi connectivity index (χ1v) is 7.89. The molecule has 1 unspecified atom stereocenters. The van der Waals surface area contributed by atoms with Crippen molar-refractivity contribution >= 4 is 11.7 Å². The van der Waals surface area contributed by atoms with Crippen molar-refractivity contribution in [2.45, 2.75) is 38.8 Å².